The second-order valence-electron chi connectivity index (χ2n) is 8.51. The molecule has 0 fully saturated rings. The topological polar surface area (TPSA) is 55.4 Å². The molecule has 6 rings (SSSR count). The van der Waals surface area contributed by atoms with E-state index < -0.39 is 0 Å². The van der Waals surface area contributed by atoms with Crippen LogP contribution in [0.1, 0.15) is 37.4 Å². The van der Waals surface area contributed by atoms with Crippen molar-refractivity contribution in [3.8, 4) is 5.75 Å². The Bertz CT molecular complexity index is 1660. The first-order chi connectivity index (χ1) is 17.4. The maximum atomic E-state index is 13.2. The average Bonchev–Trinajstić information content (AvgIpc) is 2.86. The number of ketones is 2. The molecule has 0 aromatic heterocycles. The quantitative estimate of drug-likeness (QED) is 0.280. The van der Waals surface area contributed by atoms with Crippen molar-refractivity contribution in [3.05, 3.63) is 112 Å². The molecule has 0 bridgehead atoms. The fraction of sp³-hybridized carbons (Fsp3) is 0.0345. The van der Waals surface area contributed by atoms with E-state index in [1.54, 1.807) is 12.1 Å². The molecule has 36 heavy (non-hydrogen) atoms. The highest BCUT2D eigenvalue weighted by atomic mass is 35.5. The summed E-state index contributed by atoms with van der Waals surface area (Å²) in [6, 6.07) is 20.8. The van der Waals surface area contributed by atoms with E-state index in [1.165, 1.54) is 12.2 Å². The van der Waals surface area contributed by atoms with E-state index in [9.17, 15) is 9.59 Å². The fourth-order valence-electron chi connectivity index (χ4n) is 4.64. The Hall–Kier alpha value is -3.57. The molecular formula is C29H16Cl3NO3. The van der Waals surface area contributed by atoms with Gasteiger partial charge in [-0.05, 0) is 42.0 Å². The SMILES string of the molecule is O=C1C=C(Cl)c2cc(Nc3ccc(OCc4ccccc4)cc3)c3c4c(cc(Cl)c1c24)C(Cl)=CC3=O. The lowest BCUT2D eigenvalue weighted by Gasteiger charge is -2.25. The zero-order chi connectivity index (χ0) is 25.0. The van der Waals surface area contributed by atoms with Crippen LogP contribution in [0.4, 0.5) is 11.4 Å². The summed E-state index contributed by atoms with van der Waals surface area (Å²) in [6.45, 7) is 0.463. The highest BCUT2D eigenvalue weighted by Gasteiger charge is 2.32. The monoisotopic (exact) mass is 531 g/mol. The summed E-state index contributed by atoms with van der Waals surface area (Å²) in [7, 11) is 0. The molecule has 4 nitrogen and oxygen atoms in total. The minimum Gasteiger partial charge on any atom is -0.489 e. The summed E-state index contributed by atoms with van der Waals surface area (Å²) < 4.78 is 5.87. The fourth-order valence-corrected chi connectivity index (χ4v) is 5.43. The highest BCUT2D eigenvalue weighted by Crippen LogP contribution is 2.48. The van der Waals surface area contributed by atoms with E-state index >= 15 is 0 Å². The van der Waals surface area contributed by atoms with Crippen molar-refractivity contribution in [1.82, 2.24) is 0 Å². The average molecular weight is 533 g/mol. The molecule has 2 aliphatic rings. The zero-order valence-electron chi connectivity index (χ0n) is 18.6. The molecule has 0 amide bonds. The maximum Gasteiger partial charge on any atom is 0.190 e. The van der Waals surface area contributed by atoms with Crippen molar-refractivity contribution in [3.63, 3.8) is 0 Å². The van der Waals surface area contributed by atoms with Crippen molar-refractivity contribution in [2.75, 3.05) is 5.32 Å². The maximum absolute atomic E-state index is 13.2. The molecule has 0 heterocycles. The third kappa shape index (κ3) is 3.79. The van der Waals surface area contributed by atoms with Crippen LogP contribution in [0.3, 0.4) is 0 Å². The summed E-state index contributed by atoms with van der Waals surface area (Å²) in [4.78, 5) is 25.9. The molecule has 0 spiro atoms. The van der Waals surface area contributed by atoms with Gasteiger partial charge in [-0.2, -0.15) is 0 Å². The first kappa shape index (κ1) is 22.9. The van der Waals surface area contributed by atoms with Gasteiger partial charge in [-0.3, -0.25) is 9.59 Å². The number of carbonyl (C=O) groups excluding carboxylic acids is 2. The van der Waals surface area contributed by atoms with Crippen molar-refractivity contribution in [2.24, 2.45) is 0 Å². The van der Waals surface area contributed by atoms with Gasteiger partial charge in [-0.15, -0.1) is 0 Å². The third-order valence-electron chi connectivity index (χ3n) is 6.26. The van der Waals surface area contributed by atoms with E-state index in [-0.39, 0.29) is 26.7 Å². The Morgan fingerprint density at radius 2 is 1.33 bits per heavy atom. The number of hydrogen-bond donors (Lipinski definition) is 1. The summed E-state index contributed by atoms with van der Waals surface area (Å²) in [6.07, 6.45) is 2.71. The van der Waals surface area contributed by atoms with Crippen molar-refractivity contribution >= 4 is 78.6 Å². The molecule has 1 N–H and O–H groups in total. The van der Waals surface area contributed by atoms with E-state index in [0.29, 0.717) is 45.3 Å². The highest BCUT2D eigenvalue weighted by molar-refractivity contribution is 6.57. The van der Waals surface area contributed by atoms with E-state index in [2.05, 4.69) is 5.32 Å². The van der Waals surface area contributed by atoms with Gasteiger partial charge < -0.3 is 10.1 Å². The zero-order valence-corrected chi connectivity index (χ0v) is 20.8. The number of allylic oxidation sites excluding steroid dienone is 2. The second kappa shape index (κ2) is 8.82. The summed E-state index contributed by atoms with van der Waals surface area (Å²) in [5.41, 5.74) is 4.31. The molecule has 176 valence electrons. The lowest BCUT2D eigenvalue weighted by Crippen LogP contribution is -2.13. The van der Waals surface area contributed by atoms with Crippen molar-refractivity contribution in [1.29, 1.82) is 0 Å². The molecule has 0 aliphatic heterocycles. The first-order valence-electron chi connectivity index (χ1n) is 11.1. The molecule has 0 saturated heterocycles. The van der Waals surface area contributed by atoms with E-state index in [4.69, 9.17) is 39.5 Å². The number of halogens is 3. The van der Waals surface area contributed by atoms with Gasteiger partial charge in [-0.25, -0.2) is 0 Å². The van der Waals surface area contributed by atoms with Crippen LogP contribution in [0, 0.1) is 0 Å². The lowest BCUT2D eigenvalue weighted by molar-refractivity contribution is 0.103. The number of ether oxygens (including phenoxy) is 1. The number of benzene rings is 4. The van der Waals surface area contributed by atoms with Gasteiger partial charge in [0.1, 0.15) is 12.4 Å². The van der Waals surface area contributed by atoms with Crippen LogP contribution in [0.25, 0.3) is 20.8 Å². The van der Waals surface area contributed by atoms with Crippen LogP contribution < -0.4 is 10.1 Å². The second-order valence-corrected chi connectivity index (χ2v) is 9.74. The number of anilines is 2. The smallest absolute Gasteiger partial charge is 0.190 e. The van der Waals surface area contributed by atoms with Gasteiger partial charge in [0.05, 0.1) is 26.3 Å². The van der Waals surface area contributed by atoms with Gasteiger partial charge in [0.25, 0.3) is 0 Å². The van der Waals surface area contributed by atoms with Crippen molar-refractivity contribution in [2.45, 2.75) is 6.61 Å². The number of nitrogens with one attached hydrogen (secondary N) is 1. The first-order valence-corrected chi connectivity index (χ1v) is 12.2. The van der Waals surface area contributed by atoms with Gasteiger partial charge >= 0.3 is 0 Å². The molecule has 4 aromatic rings. The standard InChI is InChI=1S/C29H16Cl3NO3/c30-20-13-25(35)29-23(33-16-6-8-17(9-7-16)36-14-15-4-2-1-3-5-15)11-19-21(31)12-24(34)28-22(32)10-18(20)27(29)26(19)28/h1-13,33H,14H2. The summed E-state index contributed by atoms with van der Waals surface area (Å²) in [5.74, 6) is 0.145. The number of rotatable bonds is 5. The molecule has 7 heteroatoms. The molecule has 0 saturated carbocycles. The number of hydrogen-bond acceptors (Lipinski definition) is 4. The molecule has 0 atom stereocenters. The largest absolute Gasteiger partial charge is 0.489 e. The van der Waals surface area contributed by atoms with Gasteiger partial charge in [0.15, 0.2) is 11.6 Å². The van der Waals surface area contributed by atoms with Gasteiger partial charge in [0.2, 0.25) is 0 Å². The Kier molecular flexibility index (Phi) is 5.60. The van der Waals surface area contributed by atoms with Crippen LogP contribution >= 0.6 is 34.8 Å². The Morgan fingerprint density at radius 1 is 0.722 bits per heavy atom. The predicted molar refractivity (Wildman–Crippen MR) is 146 cm³/mol. The van der Waals surface area contributed by atoms with E-state index in [1.807, 2.05) is 54.6 Å². The van der Waals surface area contributed by atoms with E-state index in [0.717, 1.165) is 17.0 Å². The van der Waals surface area contributed by atoms with Gasteiger partial charge in [0, 0.05) is 45.3 Å². The minimum atomic E-state index is -0.306. The van der Waals surface area contributed by atoms with Crippen LogP contribution in [-0.2, 0) is 6.61 Å². The summed E-state index contributed by atoms with van der Waals surface area (Å²) >= 11 is 19.4. The van der Waals surface area contributed by atoms with Crippen LogP contribution in [-0.4, -0.2) is 11.6 Å². The Morgan fingerprint density at radius 3 is 2.03 bits per heavy atom. The third-order valence-corrected chi connectivity index (χ3v) is 7.18. The minimum absolute atomic E-state index is 0.266. The molecular weight excluding hydrogens is 517 g/mol. The predicted octanol–water partition coefficient (Wildman–Crippen LogP) is 8.37. The Balaban J connectivity index is 1.41. The normalized spacial score (nSPS) is 14.0. The van der Waals surface area contributed by atoms with Gasteiger partial charge in [-0.1, -0.05) is 65.1 Å². The van der Waals surface area contributed by atoms with Crippen molar-refractivity contribution < 1.29 is 14.3 Å². The van der Waals surface area contributed by atoms with Crippen LogP contribution in [0.15, 0.2) is 78.9 Å². The Labute approximate surface area is 221 Å². The molecule has 4 aromatic carbocycles. The molecule has 0 unspecified atom stereocenters. The molecule has 2 aliphatic carbocycles. The summed E-state index contributed by atoms with van der Waals surface area (Å²) in [5, 5.41) is 5.25. The number of carbonyl (C=O) groups is 2. The van der Waals surface area contributed by atoms with Crippen LogP contribution in [0.5, 0.6) is 5.75 Å². The molecule has 0 radical (unpaired) electrons. The lowest BCUT2D eigenvalue weighted by atomic mass is 9.83. The van der Waals surface area contributed by atoms with Crippen LogP contribution in [0.2, 0.25) is 5.02 Å².